The first-order valence-corrected chi connectivity index (χ1v) is 8.36. The molecule has 0 radical (unpaired) electrons. The Morgan fingerprint density at radius 3 is 2.25 bits per heavy atom. The van der Waals surface area contributed by atoms with E-state index in [-0.39, 0.29) is 0 Å². The second-order valence-electron chi connectivity index (χ2n) is 7.71. The summed E-state index contributed by atoms with van der Waals surface area (Å²) in [6.45, 7) is 1.13. The van der Waals surface area contributed by atoms with Crippen LogP contribution in [-0.4, -0.2) is 12.1 Å². The first-order valence-electron chi connectivity index (χ1n) is 8.36. The molecule has 1 aliphatic heterocycles. The summed E-state index contributed by atoms with van der Waals surface area (Å²) in [4.78, 5) is 2.78. The highest BCUT2D eigenvalue weighted by Crippen LogP contribution is 2.58. The van der Waals surface area contributed by atoms with Gasteiger partial charge in [0.05, 0.1) is 0 Å². The second-order valence-corrected chi connectivity index (χ2v) is 7.71. The smallest absolute Gasteiger partial charge is 0.0447 e. The van der Waals surface area contributed by atoms with Gasteiger partial charge in [0.25, 0.3) is 0 Å². The lowest BCUT2D eigenvalue weighted by Crippen LogP contribution is -2.60. The topological polar surface area (TPSA) is 3.24 Å². The van der Waals surface area contributed by atoms with E-state index in [2.05, 4.69) is 41.3 Å². The van der Waals surface area contributed by atoms with E-state index in [9.17, 15) is 0 Å². The highest BCUT2D eigenvalue weighted by atomic mass is 15.2. The van der Waals surface area contributed by atoms with Gasteiger partial charge in [0.15, 0.2) is 0 Å². The lowest BCUT2D eigenvalue weighted by Gasteiger charge is -2.61. The van der Waals surface area contributed by atoms with E-state index in [0.717, 1.165) is 24.3 Å². The van der Waals surface area contributed by atoms with Crippen LogP contribution in [0.1, 0.15) is 44.1 Å². The fourth-order valence-corrected chi connectivity index (χ4v) is 6.10. The lowest BCUT2D eigenvalue weighted by molar-refractivity contribution is -0.00343. The summed E-state index contributed by atoms with van der Waals surface area (Å²) >= 11 is 0. The summed E-state index contributed by atoms with van der Waals surface area (Å²) < 4.78 is 0. The normalized spacial score (nSPS) is 41.0. The SMILES string of the molecule is C1=Cc2ccccc2N(C23CC4CC(CC(C4)C2)C3)C1. The van der Waals surface area contributed by atoms with Crippen molar-refractivity contribution in [1.29, 1.82) is 0 Å². The molecule has 4 fully saturated rings. The molecule has 1 aromatic carbocycles. The Kier molecular flexibility index (Phi) is 2.23. The molecule has 20 heavy (non-hydrogen) atoms. The molecule has 0 N–H and O–H groups in total. The summed E-state index contributed by atoms with van der Waals surface area (Å²) in [5, 5.41) is 0. The molecule has 0 unspecified atom stereocenters. The molecule has 4 saturated carbocycles. The predicted octanol–water partition coefficient (Wildman–Crippen LogP) is 4.49. The zero-order valence-corrected chi connectivity index (χ0v) is 12.1. The molecule has 0 saturated heterocycles. The Bertz CT molecular complexity index is 536. The van der Waals surface area contributed by atoms with Gasteiger partial charge in [-0.05, 0) is 67.9 Å². The molecule has 0 amide bonds. The molecule has 0 spiro atoms. The Hall–Kier alpha value is -1.24. The van der Waals surface area contributed by atoms with Crippen LogP contribution in [0.5, 0.6) is 0 Å². The minimum atomic E-state index is 0.496. The minimum absolute atomic E-state index is 0.496. The average Bonchev–Trinajstić information content (AvgIpc) is 2.45. The van der Waals surface area contributed by atoms with Gasteiger partial charge < -0.3 is 4.90 Å². The van der Waals surface area contributed by atoms with E-state index in [1.54, 1.807) is 0 Å². The predicted molar refractivity (Wildman–Crippen MR) is 83.7 cm³/mol. The maximum absolute atomic E-state index is 2.78. The third-order valence-electron chi connectivity index (χ3n) is 6.39. The van der Waals surface area contributed by atoms with Crippen LogP contribution in [0.4, 0.5) is 5.69 Å². The second kappa shape index (κ2) is 3.90. The summed E-state index contributed by atoms with van der Waals surface area (Å²) in [7, 11) is 0. The van der Waals surface area contributed by atoms with E-state index in [1.807, 2.05) is 0 Å². The molecular weight excluding hydrogens is 242 g/mol. The zero-order valence-electron chi connectivity index (χ0n) is 12.1. The van der Waals surface area contributed by atoms with Crippen LogP contribution in [0.3, 0.4) is 0 Å². The maximum atomic E-state index is 2.78. The van der Waals surface area contributed by atoms with Gasteiger partial charge in [-0.25, -0.2) is 0 Å². The van der Waals surface area contributed by atoms with Crippen molar-refractivity contribution in [3.8, 4) is 0 Å². The first-order chi connectivity index (χ1) is 9.82. The molecule has 5 aliphatic rings. The lowest BCUT2D eigenvalue weighted by atomic mass is 9.52. The molecule has 0 aromatic heterocycles. The molecule has 1 heterocycles. The third kappa shape index (κ3) is 1.50. The molecule has 0 atom stereocenters. The number of hydrogen-bond acceptors (Lipinski definition) is 1. The summed E-state index contributed by atoms with van der Waals surface area (Å²) in [6.07, 6.45) is 13.7. The summed E-state index contributed by atoms with van der Waals surface area (Å²) in [5.74, 6) is 3.08. The van der Waals surface area contributed by atoms with E-state index >= 15 is 0 Å². The van der Waals surface area contributed by atoms with Crippen LogP contribution in [0.15, 0.2) is 30.3 Å². The van der Waals surface area contributed by atoms with Crippen molar-refractivity contribution in [2.24, 2.45) is 17.8 Å². The van der Waals surface area contributed by atoms with Crippen molar-refractivity contribution >= 4 is 11.8 Å². The van der Waals surface area contributed by atoms with Gasteiger partial charge in [0, 0.05) is 17.8 Å². The van der Waals surface area contributed by atoms with Gasteiger partial charge in [-0.3, -0.25) is 0 Å². The molecule has 104 valence electrons. The quantitative estimate of drug-likeness (QED) is 0.723. The van der Waals surface area contributed by atoms with Gasteiger partial charge in [-0.1, -0.05) is 30.4 Å². The van der Waals surface area contributed by atoms with Crippen LogP contribution in [0, 0.1) is 17.8 Å². The molecular formula is C19H23N. The number of para-hydroxylation sites is 1. The van der Waals surface area contributed by atoms with Crippen molar-refractivity contribution in [1.82, 2.24) is 0 Å². The van der Waals surface area contributed by atoms with Gasteiger partial charge in [-0.2, -0.15) is 0 Å². The van der Waals surface area contributed by atoms with Crippen molar-refractivity contribution in [3.63, 3.8) is 0 Å². The van der Waals surface area contributed by atoms with Crippen molar-refractivity contribution < 1.29 is 0 Å². The number of benzene rings is 1. The zero-order chi connectivity index (χ0) is 13.2. The van der Waals surface area contributed by atoms with Crippen LogP contribution < -0.4 is 4.90 Å². The average molecular weight is 265 g/mol. The summed E-state index contributed by atoms with van der Waals surface area (Å²) in [5.41, 5.74) is 3.42. The highest BCUT2D eigenvalue weighted by Gasteiger charge is 2.53. The Morgan fingerprint density at radius 2 is 1.55 bits per heavy atom. The molecule has 4 bridgehead atoms. The van der Waals surface area contributed by atoms with E-state index in [1.165, 1.54) is 49.8 Å². The minimum Gasteiger partial charge on any atom is -0.362 e. The number of fused-ring (bicyclic) bond motifs is 1. The third-order valence-corrected chi connectivity index (χ3v) is 6.39. The number of hydrogen-bond donors (Lipinski definition) is 0. The van der Waals surface area contributed by atoms with Gasteiger partial charge in [0.1, 0.15) is 0 Å². The van der Waals surface area contributed by atoms with Gasteiger partial charge in [-0.15, -0.1) is 0 Å². The van der Waals surface area contributed by atoms with E-state index in [4.69, 9.17) is 0 Å². The number of anilines is 1. The van der Waals surface area contributed by atoms with Crippen molar-refractivity contribution in [2.45, 2.75) is 44.1 Å². The Balaban J connectivity index is 1.59. The van der Waals surface area contributed by atoms with Crippen LogP contribution in [0.2, 0.25) is 0 Å². The van der Waals surface area contributed by atoms with Crippen LogP contribution in [0.25, 0.3) is 6.08 Å². The van der Waals surface area contributed by atoms with Crippen molar-refractivity contribution in [3.05, 3.63) is 35.9 Å². The Labute approximate surface area is 121 Å². The van der Waals surface area contributed by atoms with E-state index < -0.39 is 0 Å². The standard InChI is InChI=1S/C19H23N/c1-2-6-18-17(4-1)5-3-7-20(18)19-11-14-8-15(12-19)10-16(9-14)13-19/h1-6,14-16H,7-13H2. The van der Waals surface area contributed by atoms with Crippen LogP contribution in [-0.2, 0) is 0 Å². The number of nitrogens with zero attached hydrogens (tertiary/aromatic N) is 1. The molecule has 1 nitrogen and oxygen atoms in total. The maximum Gasteiger partial charge on any atom is 0.0447 e. The fraction of sp³-hybridized carbons (Fsp3) is 0.579. The van der Waals surface area contributed by atoms with Crippen LogP contribution >= 0.6 is 0 Å². The molecule has 1 aromatic rings. The fourth-order valence-electron chi connectivity index (χ4n) is 6.10. The monoisotopic (exact) mass is 265 g/mol. The molecule has 6 rings (SSSR count). The molecule has 1 heteroatoms. The Morgan fingerprint density at radius 1 is 0.900 bits per heavy atom. The van der Waals surface area contributed by atoms with Crippen molar-refractivity contribution in [2.75, 3.05) is 11.4 Å². The van der Waals surface area contributed by atoms with Gasteiger partial charge >= 0.3 is 0 Å². The number of rotatable bonds is 1. The molecule has 4 aliphatic carbocycles. The summed E-state index contributed by atoms with van der Waals surface area (Å²) in [6, 6.07) is 9.01. The first kappa shape index (κ1) is 11.4. The van der Waals surface area contributed by atoms with Gasteiger partial charge in [0.2, 0.25) is 0 Å². The highest BCUT2D eigenvalue weighted by molar-refractivity contribution is 5.72. The largest absolute Gasteiger partial charge is 0.362 e. The van der Waals surface area contributed by atoms with E-state index in [0.29, 0.717) is 5.54 Å².